The Morgan fingerprint density at radius 2 is 1.57 bits per heavy atom. The Kier molecular flexibility index (Phi) is 6.19. The van der Waals surface area contributed by atoms with Crippen LogP contribution in [0.3, 0.4) is 0 Å². The second-order valence-corrected chi connectivity index (χ2v) is 6.49. The molecular weight excluding hydrogens is 294 g/mol. The summed E-state index contributed by atoms with van der Waals surface area (Å²) >= 11 is 0. The van der Waals surface area contributed by atoms with E-state index >= 15 is 0 Å². The number of ether oxygens (including phenoxy) is 2. The number of carbonyl (C=O) groups excluding carboxylic acids is 2. The van der Waals surface area contributed by atoms with Gasteiger partial charge in [0.15, 0.2) is 0 Å². The van der Waals surface area contributed by atoms with Crippen molar-refractivity contribution in [3.05, 3.63) is 35.4 Å². The lowest BCUT2D eigenvalue weighted by atomic mass is 9.84. The first-order valence-electron chi connectivity index (χ1n) is 7.87. The Morgan fingerprint density at radius 1 is 1.04 bits per heavy atom. The molecule has 5 heteroatoms. The SMILES string of the molecule is CCC(CC)(NC(=O)OC(C)(C)C)c1ccc(C(=O)OC)cc1. The zero-order valence-electron chi connectivity index (χ0n) is 14.9. The molecule has 0 fully saturated rings. The Bertz CT molecular complexity index is 539. The molecule has 23 heavy (non-hydrogen) atoms. The van der Waals surface area contributed by atoms with Crippen LogP contribution in [-0.4, -0.2) is 24.8 Å². The third-order valence-corrected chi connectivity index (χ3v) is 3.81. The molecule has 0 aliphatic heterocycles. The van der Waals surface area contributed by atoms with Gasteiger partial charge in [-0.3, -0.25) is 0 Å². The van der Waals surface area contributed by atoms with Crippen molar-refractivity contribution in [3.8, 4) is 0 Å². The van der Waals surface area contributed by atoms with E-state index in [0.717, 1.165) is 5.56 Å². The Morgan fingerprint density at radius 3 is 1.96 bits per heavy atom. The standard InChI is InChI=1S/C18H27NO4/c1-7-18(8-2,19-16(21)23-17(3,4)5)14-11-9-13(10-12-14)15(20)22-6/h9-12H,7-8H2,1-6H3,(H,19,21). The number of rotatable bonds is 5. The molecule has 128 valence electrons. The molecule has 0 aliphatic rings. The number of carbonyl (C=O) groups is 2. The van der Waals surface area contributed by atoms with Gasteiger partial charge in [-0.15, -0.1) is 0 Å². The summed E-state index contributed by atoms with van der Waals surface area (Å²) in [6.45, 7) is 9.51. The van der Waals surface area contributed by atoms with Crippen LogP contribution in [0, 0.1) is 0 Å². The molecular formula is C18H27NO4. The van der Waals surface area contributed by atoms with Gasteiger partial charge < -0.3 is 14.8 Å². The van der Waals surface area contributed by atoms with Gasteiger partial charge in [-0.25, -0.2) is 9.59 Å². The lowest BCUT2D eigenvalue weighted by Crippen LogP contribution is -2.47. The summed E-state index contributed by atoms with van der Waals surface area (Å²) in [4.78, 5) is 23.7. The lowest BCUT2D eigenvalue weighted by molar-refractivity contribution is 0.0442. The molecule has 5 nitrogen and oxygen atoms in total. The Labute approximate surface area is 138 Å². The minimum Gasteiger partial charge on any atom is -0.465 e. The summed E-state index contributed by atoms with van der Waals surface area (Å²) < 4.78 is 10.1. The van der Waals surface area contributed by atoms with Gasteiger partial charge in [-0.05, 0) is 51.3 Å². The number of esters is 1. The molecule has 0 aliphatic carbocycles. The van der Waals surface area contributed by atoms with Crippen LogP contribution in [0.4, 0.5) is 4.79 Å². The zero-order chi connectivity index (χ0) is 17.7. The van der Waals surface area contributed by atoms with E-state index in [1.54, 1.807) is 12.1 Å². The van der Waals surface area contributed by atoms with Crippen LogP contribution in [0.1, 0.15) is 63.4 Å². The zero-order valence-corrected chi connectivity index (χ0v) is 14.9. The number of amides is 1. The summed E-state index contributed by atoms with van der Waals surface area (Å²) in [5, 5.41) is 2.99. The first kappa shape index (κ1) is 19.0. The Hall–Kier alpha value is -2.04. The third kappa shape index (κ3) is 4.98. The smallest absolute Gasteiger partial charge is 0.408 e. The number of benzene rings is 1. The van der Waals surface area contributed by atoms with Gasteiger partial charge in [0.25, 0.3) is 0 Å². The fourth-order valence-corrected chi connectivity index (χ4v) is 2.45. The van der Waals surface area contributed by atoms with E-state index < -0.39 is 17.2 Å². The number of hydrogen-bond donors (Lipinski definition) is 1. The summed E-state index contributed by atoms with van der Waals surface area (Å²) in [7, 11) is 1.35. The van der Waals surface area contributed by atoms with Crippen molar-refractivity contribution >= 4 is 12.1 Å². The number of methoxy groups -OCH3 is 1. The second-order valence-electron chi connectivity index (χ2n) is 6.49. The van der Waals surface area contributed by atoms with Crippen molar-refractivity contribution in [1.82, 2.24) is 5.32 Å². The van der Waals surface area contributed by atoms with Gasteiger partial charge in [-0.2, -0.15) is 0 Å². The second kappa shape index (κ2) is 7.49. The largest absolute Gasteiger partial charge is 0.465 e. The van der Waals surface area contributed by atoms with E-state index in [2.05, 4.69) is 5.32 Å². The molecule has 0 atom stereocenters. The summed E-state index contributed by atoms with van der Waals surface area (Å²) in [5.74, 6) is -0.379. The molecule has 1 rings (SSSR count). The molecule has 1 aromatic rings. The van der Waals surface area contributed by atoms with Crippen LogP contribution in [0.5, 0.6) is 0 Å². The van der Waals surface area contributed by atoms with Crippen molar-refractivity contribution < 1.29 is 19.1 Å². The molecule has 0 aromatic heterocycles. The average molecular weight is 321 g/mol. The first-order chi connectivity index (χ1) is 10.7. The fraction of sp³-hybridized carbons (Fsp3) is 0.556. The van der Waals surface area contributed by atoms with Gasteiger partial charge in [0.1, 0.15) is 5.60 Å². The van der Waals surface area contributed by atoms with Crippen molar-refractivity contribution in [2.75, 3.05) is 7.11 Å². The fourth-order valence-electron chi connectivity index (χ4n) is 2.45. The molecule has 1 aromatic carbocycles. The summed E-state index contributed by atoms with van der Waals surface area (Å²) in [5.41, 5.74) is 0.332. The van der Waals surface area contributed by atoms with Gasteiger partial charge in [-0.1, -0.05) is 26.0 Å². The van der Waals surface area contributed by atoms with Crippen LogP contribution in [0.25, 0.3) is 0 Å². The molecule has 0 bridgehead atoms. The van der Waals surface area contributed by atoms with Crippen LogP contribution in [-0.2, 0) is 15.0 Å². The maximum absolute atomic E-state index is 12.2. The lowest BCUT2D eigenvalue weighted by Gasteiger charge is -2.34. The molecule has 1 N–H and O–H groups in total. The van der Waals surface area contributed by atoms with Gasteiger partial charge in [0.2, 0.25) is 0 Å². The molecule has 0 spiro atoms. The summed E-state index contributed by atoms with van der Waals surface area (Å²) in [6, 6.07) is 7.10. The minimum absolute atomic E-state index is 0.379. The third-order valence-electron chi connectivity index (χ3n) is 3.81. The Balaban J connectivity index is 3.04. The number of nitrogens with one attached hydrogen (secondary N) is 1. The molecule has 0 radical (unpaired) electrons. The van der Waals surface area contributed by atoms with Gasteiger partial charge in [0, 0.05) is 0 Å². The van der Waals surface area contributed by atoms with E-state index in [9.17, 15) is 9.59 Å². The van der Waals surface area contributed by atoms with E-state index in [1.165, 1.54) is 7.11 Å². The monoisotopic (exact) mass is 321 g/mol. The highest BCUT2D eigenvalue weighted by Gasteiger charge is 2.32. The number of alkyl carbamates (subject to hydrolysis) is 1. The average Bonchev–Trinajstić information content (AvgIpc) is 2.50. The highest BCUT2D eigenvalue weighted by molar-refractivity contribution is 5.89. The topological polar surface area (TPSA) is 64.6 Å². The normalized spacial score (nSPS) is 11.7. The minimum atomic E-state index is -0.550. The molecule has 0 saturated carbocycles. The van der Waals surface area contributed by atoms with Crippen LogP contribution >= 0.6 is 0 Å². The maximum Gasteiger partial charge on any atom is 0.408 e. The van der Waals surface area contributed by atoms with Crippen LogP contribution in [0.15, 0.2) is 24.3 Å². The van der Waals surface area contributed by atoms with Crippen molar-refractivity contribution in [2.45, 2.75) is 58.6 Å². The van der Waals surface area contributed by atoms with Crippen LogP contribution in [0.2, 0.25) is 0 Å². The van der Waals surface area contributed by atoms with Crippen molar-refractivity contribution in [3.63, 3.8) is 0 Å². The maximum atomic E-state index is 12.2. The van der Waals surface area contributed by atoms with Gasteiger partial charge >= 0.3 is 12.1 Å². The predicted octanol–water partition coefficient (Wildman–Crippen LogP) is 4.01. The predicted molar refractivity (Wildman–Crippen MR) is 89.4 cm³/mol. The molecule has 0 saturated heterocycles. The van der Waals surface area contributed by atoms with Crippen LogP contribution < -0.4 is 5.32 Å². The van der Waals surface area contributed by atoms with E-state index in [1.807, 2.05) is 46.8 Å². The highest BCUT2D eigenvalue weighted by atomic mass is 16.6. The van der Waals surface area contributed by atoms with E-state index in [0.29, 0.717) is 18.4 Å². The molecule has 0 heterocycles. The molecule has 0 unspecified atom stereocenters. The number of hydrogen-bond acceptors (Lipinski definition) is 4. The molecule has 1 amide bonds. The van der Waals surface area contributed by atoms with Gasteiger partial charge in [0.05, 0.1) is 18.2 Å². The summed E-state index contributed by atoms with van der Waals surface area (Å²) in [6.07, 6.45) is 0.971. The quantitative estimate of drug-likeness (QED) is 0.832. The van der Waals surface area contributed by atoms with E-state index in [-0.39, 0.29) is 5.97 Å². The highest BCUT2D eigenvalue weighted by Crippen LogP contribution is 2.29. The first-order valence-corrected chi connectivity index (χ1v) is 7.87. The van der Waals surface area contributed by atoms with E-state index in [4.69, 9.17) is 9.47 Å². The van der Waals surface area contributed by atoms with Crippen molar-refractivity contribution in [1.29, 1.82) is 0 Å². The van der Waals surface area contributed by atoms with Crippen molar-refractivity contribution in [2.24, 2.45) is 0 Å².